The fourth-order valence-corrected chi connectivity index (χ4v) is 3.34. The lowest BCUT2D eigenvalue weighted by molar-refractivity contribution is -0.137. The van der Waals surface area contributed by atoms with Crippen LogP contribution in [0.4, 0.5) is 16.2 Å². The second-order valence-corrected chi connectivity index (χ2v) is 7.68. The Morgan fingerprint density at radius 3 is 2.46 bits per heavy atom. The average Bonchev–Trinajstić information content (AvgIpc) is 3.19. The summed E-state index contributed by atoms with van der Waals surface area (Å²) in [6.45, 7) is -0.439. The van der Waals surface area contributed by atoms with Crippen molar-refractivity contribution in [2.75, 3.05) is 24.2 Å². The zero-order valence-corrected chi connectivity index (χ0v) is 18.9. The number of benzene rings is 2. The van der Waals surface area contributed by atoms with Crippen molar-refractivity contribution in [3.8, 4) is 11.5 Å². The number of amides is 3. The standard InChI is InChI=1S/C24H22N6O5/c1-29(14-22(31)32)23(33)20-12-19(9-10-25-20)35-18-6-3-16(4-7-18)27-24(34)28-17-5-8-21-15(11-17)13-26-30(21)2/h3-13H,14H2,1-2H3,(H,31,32)(H2,27,28,34). The molecule has 0 bridgehead atoms. The number of carboxylic acids is 1. The maximum Gasteiger partial charge on any atom is 0.323 e. The Morgan fingerprint density at radius 1 is 1.00 bits per heavy atom. The number of aliphatic carboxylic acids is 1. The molecule has 4 rings (SSSR count). The van der Waals surface area contributed by atoms with E-state index in [9.17, 15) is 14.4 Å². The number of pyridine rings is 1. The highest BCUT2D eigenvalue weighted by Crippen LogP contribution is 2.24. The summed E-state index contributed by atoms with van der Waals surface area (Å²) in [5.74, 6) is -0.825. The molecule has 2 aromatic carbocycles. The first-order chi connectivity index (χ1) is 16.8. The number of hydrogen-bond donors (Lipinski definition) is 3. The highest BCUT2D eigenvalue weighted by atomic mass is 16.5. The van der Waals surface area contributed by atoms with Crippen LogP contribution in [0.3, 0.4) is 0 Å². The van der Waals surface area contributed by atoms with E-state index in [0.29, 0.717) is 22.9 Å². The van der Waals surface area contributed by atoms with E-state index >= 15 is 0 Å². The Bertz CT molecular complexity index is 1400. The van der Waals surface area contributed by atoms with Crippen molar-refractivity contribution in [3.63, 3.8) is 0 Å². The zero-order valence-electron chi connectivity index (χ0n) is 18.9. The number of carboxylic acid groups (broad SMARTS) is 1. The summed E-state index contributed by atoms with van der Waals surface area (Å²) < 4.78 is 7.52. The molecule has 3 N–H and O–H groups in total. The molecule has 0 saturated heterocycles. The summed E-state index contributed by atoms with van der Waals surface area (Å²) in [7, 11) is 3.23. The van der Waals surface area contributed by atoms with E-state index in [0.717, 1.165) is 15.8 Å². The number of rotatable bonds is 7. The zero-order chi connectivity index (χ0) is 24.9. The third kappa shape index (κ3) is 5.71. The number of aryl methyl sites for hydroxylation is 1. The smallest absolute Gasteiger partial charge is 0.323 e. The second-order valence-electron chi connectivity index (χ2n) is 7.68. The molecule has 3 amide bonds. The molecule has 0 radical (unpaired) electrons. The van der Waals surface area contributed by atoms with Crippen LogP contribution in [0.25, 0.3) is 10.9 Å². The molecule has 178 valence electrons. The lowest BCUT2D eigenvalue weighted by Gasteiger charge is -2.14. The third-order valence-corrected chi connectivity index (χ3v) is 5.02. The molecule has 35 heavy (non-hydrogen) atoms. The molecule has 0 spiro atoms. The molecule has 2 heterocycles. The number of hydrogen-bond acceptors (Lipinski definition) is 6. The van der Waals surface area contributed by atoms with E-state index in [2.05, 4.69) is 20.7 Å². The lowest BCUT2D eigenvalue weighted by atomic mass is 10.2. The van der Waals surface area contributed by atoms with Crippen LogP contribution >= 0.6 is 0 Å². The van der Waals surface area contributed by atoms with Gasteiger partial charge >= 0.3 is 12.0 Å². The third-order valence-electron chi connectivity index (χ3n) is 5.02. The van der Waals surface area contributed by atoms with Crippen molar-refractivity contribution in [1.82, 2.24) is 19.7 Å². The van der Waals surface area contributed by atoms with Crippen LogP contribution in [0.15, 0.2) is 67.0 Å². The van der Waals surface area contributed by atoms with Gasteiger partial charge in [-0.25, -0.2) is 4.79 Å². The predicted octanol–water partition coefficient (Wildman–Crippen LogP) is 3.56. The quantitative estimate of drug-likeness (QED) is 0.372. The average molecular weight is 474 g/mol. The number of carbonyl (C=O) groups excluding carboxylic acids is 2. The van der Waals surface area contributed by atoms with Gasteiger partial charge in [0.15, 0.2) is 0 Å². The normalized spacial score (nSPS) is 10.6. The summed E-state index contributed by atoms with van der Waals surface area (Å²) in [5, 5.41) is 19.5. The maximum atomic E-state index is 12.4. The van der Waals surface area contributed by atoms with Crippen LogP contribution in [0.2, 0.25) is 0 Å². The van der Waals surface area contributed by atoms with Crippen LogP contribution in [0, 0.1) is 0 Å². The molecule has 0 aliphatic heterocycles. The van der Waals surface area contributed by atoms with Crippen molar-refractivity contribution in [2.45, 2.75) is 0 Å². The molecular weight excluding hydrogens is 452 g/mol. The van der Waals surface area contributed by atoms with E-state index in [-0.39, 0.29) is 5.69 Å². The van der Waals surface area contributed by atoms with Crippen LogP contribution in [0.1, 0.15) is 10.5 Å². The number of aromatic nitrogens is 3. The summed E-state index contributed by atoms with van der Waals surface area (Å²) in [5.41, 5.74) is 2.22. The fourth-order valence-electron chi connectivity index (χ4n) is 3.34. The molecule has 0 fully saturated rings. The first-order valence-corrected chi connectivity index (χ1v) is 10.5. The predicted molar refractivity (Wildman–Crippen MR) is 129 cm³/mol. The van der Waals surface area contributed by atoms with Crippen molar-refractivity contribution < 1.29 is 24.2 Å². The molecule has 4 aromatic rings. The number of urea groups is 1. The monoisotopic (exact) mass is 474 g/mol. The van der Waals surface area contributed by atoms with E-state index in [1.807, 2.05) is 19.2 Å². The molecule has 2 aromatic heterocycles. The Hall–Kier alpha value is -4.93. The van der Waals surface area contributed by atoms with Gasteiger partial charge in [-0.05, 0) is 48.5 Å². The molecule has 0 unspecified atom stereocenters. The lowest BCUT2D eigenvalue weighted by Crippen LogP contribution is -2.32. The Kier molecular flexibility index (Phi) is 6.58. The van der Waals surface area contributed by atoms with Gasteiger partial charge in [0.25, 0.3) is 5.91 Å². The van der Waals surface area contributed by atoms with E-state index < -0.39 is 24.5 Å². The van der Waals surface area contributed by atoms with Gasteiger partial charge in [-0.1, -0.05) is 0 Å². The van der Waals surface area contributed by atoms with Crippen LogP contribution in [-0.2, 0) is 11.8 Å². The first kappa shape index (κ1) is 23.2. The number of ether oxygens (including phenoxy) is 1. The fraction of sp³-hybridized carbons (Fsp3) is 0.125. The van der Waals surface area contributed by atoms with Gasteiger partial charge in [-0.2, -0.15) is 5.10 Å². The van der Waals surface area contributed by atoms with Crippen molar-refractivity contribution in [3.05, 3.63) is 72.7 Å². The number of nitrogens with one attached hydrogen (secondary N) is 2. The largest absolute Gasteiger partial charge is 0.480 e. The maximum absolute atomic E-state index is 12.4. The van der Waals surface area contributed by atoms with Crippen molar-refractivity contribution in [2.24, 2.45) is 7.05 Å². The van der Waals surface area contributed by atoms with Gasteiger partial charge in [0.2, 0.25) is 0 Å². The minimum absolute atomic E-state index is 0.0608. The van der Waals surface area contributed by atoms with Gasteiger partial charge in [0.05, 0.1) is 11.7 Å². The Labute approximate surface area is 199 Å². The molecule has 0 saturated carbocycles. The summed E-state index contributed by atoms with van der Waals surface area (Å²) in [6.07, 6.45) is 3.13. The van der Waals surface area contributed by atoms with Gasteiger partial charge in [-0.15, -0.1) is 0 Å². The summed E-state index contributed by atoms with van der Waals surface area (Å²) in [4.78, 5) is 40.5. The SMILES string of the molecule is CN(CC(=O)O)C(=O)c1cc(Oc2ccc(NC(=O)Nc3ccc4c(cnn4C)c3)cc2)ccn1. The minimum atomic E-state index is -1.12. The van der Waals surface area contributed by atoms with Crippen LogP contribution < -0.4 is 15.4 Å². The second kappa shape index (κ2) is 9.91. The number of fused-ring (bicyclic) bond motifs is 1. The van der Waals surface area contributed by atoms with E-state index in [4.69, 9.17) is 9.84 Å². The van der Waals surface area contributed by atoms with Crippen LogP contribution in [0.5, 0.6) is 11.5 Å². The first-order valence-electron chi connectivity index (χ1n) is 10.5. The molecular formula is C24H22N6O5. The highest BCUT2D eigenvalue weighted by Gasteiger charge is 2.16. The molecule has 0 aliphatic carbocycles. The van der Waals surface area contributed by atoms with E-state index in [1.54, 1.807) is 47.3 Å². The summed E-state index contributed by atoms with van der Waals surface area (Å²) >= 11 is 0. The molecule has 11 nitrogen and oxygen atoms in total. The van der Waals surface area contributed by atoms with Gasteiger partial charge in [0, 0.05) is 43.1 Å². The Balaban J connectivity index is 1.36. The number of nitrogens with zero attached hydrogens (tertiary/aromatic N) is 4. The topological polar surface area (TPSA) is 139 Å². The minimum Gasteiger partial charge on any atom is -0.480 e. The highest BCUT2D eigenvalue weighted by molar-refractivity contribution is 6.01. The van der Waals surface area contributed by atoms with Gasteiger partial charge in [-0.3, -0.25) is 19.3 Å². The Morgan fingerprint density at radius 2 is 1.71 bits per heavy atom. The molecule has 11 heteroatoms. The summed E-state index contributed by atoms with van der Waals surface area (Å²) in [6, 6.07) is 14.8. The molecule has 0 aliphatic rings. The van der Waals surface area contributed by atoms with Crippen molar-refractivity contribution in [1.29, 1.82) is 0 Å². The van der Waals surface area contributed by atoms with Crippen molar-refractivity contribution >= 4 is 40.2 Å². The van der Waals surface area contributed by atoms with E-state index in [1.165, 1.54) is 19.3 Å². The number of anilines is 2. The molecule has 0 atom stereocenters. The van der Waals surface area contributed by atoms with Gasteiger partial charge < -0.3 is 25.4 Å². The number of likely N-dealkylation sites (N-methyl/N-ethyl adjacent to an activating group) is 1. The van der Waals surface area contributed by atoms with Crippen LogP contribution in [-0.4, -0.2) is 56.3 Å². The number of carbonyl (C=O) groups is 3. The van der Waals surface area contributed by atoms with Gasteiger partial charge in [0.1, 0.15) is 23.7 Å².